The van der Waals surface area contributed by atoms with Crippen molar-refractivity contribution in [3.8, 4) is 5.75 Å². The maximum Gasteiger partial charge on any atom is 0.234 e. The van der Waals surface area contributed by atoms with Gasteiger partial charge in [0.25, 0.3) is 0 Å². The van der Waals surface area contributed by atoms with Crippen molar-refractivity contribution in [1.82, 2.24) is 14.8 Å². The molecule has 2 aromatic rings. The molecular formula is C16H22N4O2S. The van der Waals surface area contributed by atoms with E-state index in [9.17, 15) is 4.79 Å². The van der Waals surface area contributed by atoms with Gasteiger partial charge in [0, 0.05) is 25.2 Å². The fourth-order valence-corrected chi connectivity index (χ4v) is 2.77. The molecule has 23 heavy (non-hydrogen) atoms. The summed E-state index contributed by atoms with van der Waals surface area (Å²) in [6, 6.07) is 7.28. The molecule has 124 valence electrons. The molecule has 0 saturated heterocycles. The molecule has 2 rings (SSSR count). The van der Waals surface area contributed by atoms with E-state index < -0.39 is 0 Å². The summed E-state index contributed by atoms with van der Waals surface area (Å²) in [5.41, 5.74) is 0.716. The van der Waals surface area contributed by atoms with Crippen molar-refractivity contribution in [1.29, 1.82) is 0 Å². The van der Waals surface area contributed by atoms with Crippen LogP contribution >= 0.6 is 11.8 Å². The Bertz CT molecular complexity index is 670. The molecule has 1 heterocycles. The summed E-state index contributed by atoms with van der Waals surface area (Å²) < 4.78 is 7.09. The molecule has 0 fully saturated rings. The maximum absolute atomic E-state index is 12.1. The number of nitrogens with one attached hydrogen (secondary N) is 1. The highest BCUT2D eigenvalue weighted by atomic mass is 32.2. The Balaban J connectivity index is 1.90. The van der Waals surface area contributed by atoms with Crippen LogP contribution in [-0.2, 0) is 18.3 Å². The van der Waals surface area contributed by atoms with E-state index in [1.54, 1.807) is 13.2 Å². The second-order valence-electron chi connectivity index (χ2n) is 5.62. The van der Waals surface area contributed by atoms with Crippen molar-refractivity contribution in [3.63, 3.8) is 0 Å². The summed E-state index contributed by atoms with van der Waals surface area (Å²) in [5.74, 6) is 2.37. The minimum atomic E-state index is -0.0864. The minimum Gasteiger partial charge on any atom is -0.497 e. The molecule has 0 saturated carbocycles. The predicted octanol–water partition coefficient (Wildman–Crippen LogP) is 2.75. The van der Waals surface area contributed by atoms with Gasteiger partial charge in [-0.2, -0.15) is 0 Å². The quantitative estimate of drug-likeness (QED) is 0.789. The van der Waals surface area contributed by atoms with Crippen LogP contribution in [0.25, 0.3) is 0 Å². The molecule has 0 aliphatic carbocycles. The van der Waals surface area contributed by atoms with E-state index in [2.05, 4.69) is 29.4 Å². The summed E-state index contributed by atoms with van der Waals surface area (Å²) in [7, 11) is 3.53. The highest BCUT2D eigenvalue weighted by Gasteiger charge is 2.12. The Morgan fingerprint density at radius 2 is 2.17 bits per heavy atom. The average Bonchev–Trinajstić information content (AvgIpc) is 2.85. The van der Waals surface area contributed by atoms with Gasteiger partial charge in [0.1, 0.15) is 11.6 Å². The number of hydrogen-bond acceptors (Lipinski definition) is 5. The number of carbonyl (C=O) groups excluding carboxylic acids is 1. The van der Waals surface area contributed by atoms with Gasteiger partial charge in [-0.05, 0) is 18.1 Å². The molecule has 0 spiro atoms. The number of hydrogen-bond donors (Lipinski definition) is 1. The topological polar surface area (TPSA) is 69.0 Å². The van der Waals surface area contributed by atoms with Gasteiger partial charge < -0.3 is 14.6 Å². The highest BCUT2D eigenvalue weighted by Crippen LogP contribution is 2.19. The lowest BCUT2D eigenvalue weighted by Crippen LogP contribution is -2.14. The monoisotopic (exact) mass is 334 g/mol. The molecule has 0 aliphatic rings. The molecular weight excluding hydrogens is 312 g/mol. The van der Waals surface area contributed by atoms with Crippen LogP contribution in [0, 0.1) is 5.92 Å². The zero-order valence-corrected chi connectivity index (χ0v) is 14.7. The number of anilines is 1. The number of methoxy groups -OCH3 is 1. The first-order valence-corrected chi connectivity index (χ1v) is 8.43. The Kier molecular flexibility index (Phi) is 6.04. The Morgan fingerprint density at radius 3 is 2.87 bits per heavy atom. The number of thioether (sulfide) groups is 1. The number of nitrogens with zero attached hydrogens (tertiary/aromatic N) is 3. The van der Waals surface area contributed by atoms with Crippen LogP contribution in [0.15, 0.2) is 29.4 Å². The van der Waals surface area contributed by atoms with E-state index in [4.69, 9.17) is 4.74 Å². The van der Waals surface area contributed by atoms with Crippen LogP contribution in [0.5, 0.6) is 5.75 Å². The van der Waals surface area contributed by atoms with Crippen molar-refractivity contribution in [2.45, 2.75) is 25.4 Å². The van der Waals surface area contributed by atoms with Gasteiger partial charge in [0.15, 0.2) is 5.16 Å². The average molecular weight is 334 g/mol. The van der Waals surface area contributed by atoms with Crippen molar-refractivity contribution in [3.05, 3.63) is 30.1 Å². The van der Waals surface area contributed by atoms with E-state index in [0.717, 1.165) is 17.4 Å². The fraction of sp³-hybridized carbons (Fsp3) is 0.438. The van der Waals surface area contributed by atoms with Gasteiger partial charge in [-0.3, -0.25) is 4.79 Å². The van der Waals surface area contributed by atoms with Crippen molar-refractivity contribution < 1.29 is 9.53 Å². The van der Waals surface area contributed by atoms with Crippen LogP contribution < -0.4 is 10.1 Å². The minimum absolute atomic E-state index is 0.0864. The summed E-state index contributed by atoms with van der Waals surface area (Å²) >= 11 is 1.38. The normalized spacial score (nSPS) is 10.8. The first-order valence-electron chi connectivity index (χ1n) is 7.44. The van der Waals surface area contributed by atoms with Crippen LogP contribution in [-0.4, -0.2) is 33.5 Å². The third-order valence-electron chi connectivity index (χ3n) is 3.20. The smallest absolute Gasteiger partial charge is 0.234 e. The molecule has 1 aromatic carbocycles. The highest BCUT2D eigenvalue weighted by molar-refractivity contribution is 7.99. The summed E-state index contributed by atoms with van der Waals surface area (Å²) in [6.07, 6.45) is 0.875. The molecule has 1 aromatic heterocycles. The van der Waals surface area contributed by atoms with Gasteiger partial charge in [-0.1, -0.05) is 31.7 Å². The van der Waals surface area contributed by atoms with Crippen molar-refractivity contribution in [2.75, 3.05) is 18.2 Å². The fourth-order valence-electron chi connectivity index (χ4n) is 2.04. The number of carbonyl (C=O) groups is 1. The van der Waals surface area contributed by atoms with E-state index in [0.29, 0.717) is 17.4 Å². The van der Waals surface area contributed by atoms with E-state index in [-0.39, 0.29) is 11.7 Å². The standard InChI is InChI=1S/C16H22N4O2S/c1-11(2)8-14-18-19-16(20(14)3)23-10-15(21)17-12-6-5-7-13(9-12)22-4/h5-7,9,11H,8,10H2,1-4H3,(H,17,21). The van der Waals surface area contributed by atoms with Gasteiger partial charge >= 0.3 is 0 Å². The second-order valence-corrected chi connectivity index (χ2v) is 6.57. The van der Waals surface area contributed by atoms with Crippen LogP contribution in [0.3, 0.4) is 0 Å². The lowest BCUT2D eigenvalue weighted by Gasteiger charge is -2.07. The molecule has 0 aliphatic heterocycles. The lowest BCUT2D eigenvalue weighted by atomic mass is 10.1. The number of benzene rings is 1. The first-order chi connectivity index (χ1) is 11.0. The number of aromatic nitrogens is 3. The molecule has 6 nitrogen and oxygen atoms in total. The largest absolute Gasteiger partial charge is 0.497 e. The summed E-state index contributed by atoms with van der Waals surface area (Å²) in [4.78, 5) is 12.1. The molecule has 1 amide bonds. The van der Waals surface area contributed by atoms with Crippen LogP contribution in [0.4, 0.5) is 5.69 Å². The summed E-state index contributed by atoms with van der Waals surface area (Å²) in [5, 5.41) is 11.9. The predicted molar refractivity (Wildman–Crippen MR) is 91.9 cm³/mol. The summed E-state index contributed by atoms with van der Waals surface area (Å²) in [6.45, 7) is 4.28. The van der Waals surface area contributed by atoms with Crippen molar-refractivity contribution in [2.24, 2.45) is 13.0 Å². The number of rotatable bonds is 7. The molecule has 0 radical (unpaired) electrons. The second kappa shape index (κ2) is 8.01. The van der Waals surface area contributed by atoms with Gasteiger partial charge in [-0.15, -0.1) is 10.2 Å². The first kappa shape index (κ1) is 17.3. The lowest BCUT2D eigenvalue weighted by molar-refractivity contribution is -0.113. The SMILES string of the molecule is COc1cccc(NC(=O)CSc2nnc(CC(C)C)n2C)c1. The van der Waals surface area contributed by atoms with E-state index >= 15 is 0 Å². The number of ether oxygens (including phenoxy) is 1. The van der Waals surface area contributed by atoms with E-state index in [1.807, 2.05) is 29.8 Å². The molecule has 0 atom stereocenters. The van der Waals surface area contributed by atoms with Crippen LogP contribution in [0.1, 0.15) is 19.7 Å². The van der Waals surface area contributed by atoms with Crippen molar-refractivity contribution >= 4 is 23.4 Å². The maximum atomic E-state index is 12.1. The Hall–Kier alpha value is -2.02. The Labute approximate surface area is 140 Å². The van der Waals surface area contributed by atoms with Crippen LogP contribution in [0.2, 0.25) is 0 Å². The van der Waals surface area contributed by atoms with Gasteiger partial charge in [0.05, 0.1) is 12.9 Å². The Morgan fingerprint density at radius 1 is 1.39 bits per heavy atom. The zero-order valence-electron chi connectivity index (χ0n) is 13.9. The molecule has 0 bridgehead atoms. The van der Waals surface area contributed by atoms with Gasteiger partial charge in [0.2, 0.25) is 5.91 Å². The zero-order chi connectivity index (χ0) is 16.8. The van der Waals surface area contributed by atoms with E-state index in [1.165, 1.54) is 11.8 Å². The molecule has 1 N–H and O–H groups in total. The third kappa shape index (κ3) is 4.99. The van der Waals surface area contributed by atoms with Gasteiger partial charge in [-0.25, -0.2) is 0 Å². The molecule has 0 unspecified atom stereocenters. The molecule has 7 heteroatoms. The number of amides is 1. The third-order valence-corrected chi connectivity index (χ3v) is 4.22.